The van der Waals surface area contributed by atoms with E-state index in [0.29, 0.717) is 6.42 Å². The van der Waals surface area contributed by atoms with Gasteiger partial charge in [-0.2, -0.15) is 0 Å². The lowest BCUT2D eigenvalue weighted by Gasteiger charge is -2.42. The van der Waals surface area contributed by atoms with Gasteiger partial charge in [0.25, 0.3) is 5.92 Å². The molecule has 2 aliphatic carbocycles. The van der Waals surface area contributed by atoms with E-state index in [2.05, 4.69) is 29.5 Å². The largest absolute Gasteiger partial charge is 0.496 e. The minimum Gasteiger partial charge on any atom is -0.496 e. The number of halogens is 3. The predicted molar refractivity (Wildman–Crippen MR) is 111 cm³/mol. The van der Waals surface area contributed by atoms with Gasteiger partial charge in [-0.05, 0) is 83.7 Å². The smallest absolute Gasteiger partial charge is 0.251 e. The van der Waals surface area contributed by atoms with Gasteiger partial charge in [0.2, 0.25) is 0 Å². The predicted octanol–water partition coefficient (Wildman–Crippen LogP) is 7.43. The van der Waals surface area contributed by atoms with Crippen LogP contribution in [0.5, 0.6) is 5.75 Å². The van der Waals surface area contributed by atoms with Gasteiger partial charge in [0.05, 0.1) is 10.7 Å². The highest BCUT2D eigenvalue weighted by molar-refractivity contribution is 14.1. The van der Waals surface area contributed by atoms with Gasteiger partial charge in [-0.1, -0.05) is 38.7 Å². The van der Waals surface area contributed by atoms with Crippen LogP contribution in [-0.4, -0.2) is 13.0 Å². The molecule has 0 N–H and O–H groups in total. The molecule has 0 heterocycles. The van der Waals surface area contributed by atoms with E-state index in [9.17, 15) is 0 Å². The molecule has 146 valence electrons. The topological polar surface area (TPSA) is 9.23 Å². The van der Waals surface area contributed by atoms with E-state index >= 15 is 8.78 Å². The monoisotopic (exact) mass is 476 g/mol. The summed E-state index contributed by atoms with van der Waals surface area (Å²) >= 11 is 2.23. The first-order valence-electron chi connectivity index (χ1n) is 10.2. The zero-order valence-corrected chi connectivity index (χ0v) is 18.1. The van der Waals surface area contributed by atoms with Crippen molar-refractivity contribution in [3.8, 4) is 5.75 Å². The van der Waals surface area contributed by atoms with E-state index in [1.165, 1.54) is 12.8 Å². The molecule has 2 atom stereocenters. The Balaban J connectivity index is 1.64. The second kappa shape index (κ2) is 8.74. The molecule has 2 fully saturated rings. The van der Waals surface area contributed by atoms with Crippen molar-refractivity contribution in [3.05, 3.63) is 27.3 Å². The van der Waals surface area contributed by atoms with Gasteiger partial charge in [-0.3, -0.25) is 0 Å². The van der Waals surface area contributed by atoms with E-state index < -0.39 is 11.8 Å². The molecule has 1 aromatic carbocycles. The van der Waals surface area contributed by atoms with E-state index in [0.717, 1.165) is 52.9 Å². The van der Waals surface area contributed by atoms with Crippen LogP contribution < -0.4 is 4.74 Å². The molecule has 2 aliphatic rings. The van der Waals surface area contributed by atoms with Gasteiger partial charge in [-0.25, -0.2) is 8.78 Å². The Morgan fingerprint density at radius 1 is 1.12 bits per heavy atom. The lowest BCUT2D eigenvalue weighted by atomic mass is 9.66. The molecule has 1 nitrogen and oxygen atoms in total. The first-order chi connectivity index (χ1) is 12.4. The van der Waals surface area contributed by atoms with Crippen molar-refractivity contribution in [1.82, 2.24) is 0 Å². The number of hydrogen-bond acceptors (Lipinski definition) is 1. The molecule has 4 heteroatoms. The fraction of sp³-hybridized carbons (Fsp3) is 0.727. The van der Waals surface area contributed by atoms with Crippen molar-refractivity contribution in [2.45, 2.75) is 76.6 Å². The van der Waals surface area contributed by atoms with Gasteiger partial charge in [0, 0.05) is 12.3 Å². The van der Waals surface area contributed by atoms with Crippen LogP contribution in [0, 0.1) is 21.3 Å². The summed E-state index contributed by atoms with van der Waals surface area (Å²) in [7, 11) is 1.64. The maximum Gasteiger partial charge on any atom is 0.251 e. The van der Waals surface area contributed by atoms with Crippen LogP contribution in [0.1, 0.15) is 76.2 Å². The molecule has 0 aliphatic heterocycles. The zero-order chi connectivity index (χ0) is 18.7. The van der Waals surface area contributed by atoms with Crippen molar-refractivity contribution in [2.24, 2.45) is 17.8 Å². The summed E-state index contributed by atoms with van der Waals surface area (Å²) < 4.78 is 36.4. The Morgan fingerprint density at radius 3 is 2.42 bits per heavy atom. The third-order valence-corrected chi connectivity index (χ3v) is 7.53. The van der Waals surface area contributed by atoms with Crippen LogP contribution in [0.15, 0.2) is 18.2 Å². The number of benzene rings is 1. The lowest BCUT2D eigenvalue weighted by Crippen LogP contribution is -2.40. The van der Waals surface area contributed by atoms with E-state index in [4.69, 9.17) is 4.74 Å². The van der Waals surface area contributed by atoms with Crippen LogP contribution in [0.4, 0.5) is 8.78 Å². The summed E-state index contributed by atoms with van der Waals surface area (Å²) in [6, 6.07) is 5.91. The number of methoxy groups -OCH3 is 1. The Kier molecular flexibility index (Phi) is 6.84. The molecule has 2 saturated carbocycles. The molecule has 0 aromatic heterocycles. The minimum atomic E-state index is -2.53. The highest BCUT2D eigenvalue weighted by Crippen LogP contribution is 2.51. The van der Waals surface area contributed by atoms with Gasteiger partial charge >= 0.3 is 0 Å². The fourth-order valence-corrected chi connectivity index (χ4v) is 6.02. The average Bonchev–Trinajstić information content (AvgIpc) is 2.62. The molecule has 0 bridgehead atoms. The standard InChI is InChI=1S/C22H31F2IO/c1-3-4-15-5-7-16(8-6-15)19-11-9-18(14-22(19,23)24)17-10-12-21(26-2)20(25)13-17/h10,12-13,15-16,18-19H,3-9,11,14H2,1-2H3/t15?,16?,18-,19+/m0/s1. The minimum absolute atomic E-state index is 0.00889. The molecule has 26 heavy (non-hydrogen) atoms. The van der Waals surface area contributed by atoms with Crippen molar-refractivity contribution in [1.29, 1.82) is 0 Å². The van der Waals surface area contributed by atoms with Crippen LogP contribution in [0.3, 0.4) is 0 Å². The van der Waals surface area contributed by atoms with Crippen molar-refractivity contribution >= 4 is 22.6 Å². The maximum absolute atomic E-state index is 15.1. The molecular formula is C22H31F2IO. The Hall–Kier alpha value is -0.390. The van der Waals surface area contributed by atoms with Crippen molar-refractivity contribution in [3.63, 3.8) is 0 Å². The molecule has 0 amide bonds. The summed E-state index contributed by atoms with van der Waals surface area (Å²) in [5, 5.41) is 0. The highest BCUT2D eigenvalue weighted by atomic mass is 127. The summed E-state index contributed by atoms with van der Waals surface area (Å²) in [6.07, 6.45) is 8.39. The molecule has 0 saturated heterocycles. The van der Waals surface area contributed by atoms with Crippen LogP contribution in [0.25, 0.3) is 0 Å². The molecule has 0 radical (unpaired) electrons. The molecule has 0 spiro atoms. The molecule has 0 unspecified atom stereocenters. The SMILES string of the molecule is CCCC1CCC([C@H]2CC[C@H](c3ccc(OC)c(I)c3)CC2(F)F)CC1. The second-order valence-corrected chi connectivity index (χ2v) is 9.47. The first-order valence-corrected chi connectivity index (χ1v) is 11.2. The Bertz CT molecular complexity index is 596. The van der Waals surface area contributed by atoms with Gasteiger partial charge in [-0.15, -0.1) is 0 Å². The van der Waals surface area contributed by atoms with Crippen molar-refractivity contribution in [2.75, 3.05) is 7.11 Å². The highest BCUT2D eigenvalue weighted by Gasteiger charge is 2.49. The number of rotatable bonds is 5. The van der Waals surface area contributed by atoms with Gasteiger partial charge < -0.3 is 4.74 Å². The number of hydrogen-bond donors (Lipinski definition) is 0. The summed E-state index contributed by atoms with van der Waals surface area (Å²) in [6.45, 7) is 2.22. The van der Waals surface area contributed by atoms with Gasteiger partial charge in [0.15, 0.2) is 0 Å². The molecule has 3 rings (SSSR count). The van der Waals surface area contributed by atoms with E-state index in [1.54, 1.807) is 7.11 Å². The third kappa shape index (κ3) is 4.53. The molecular weight excluding hydrogens is 445 g/mol. The Labute approximate surface area is 170 Å². The first kappa shape index (κ1) is 20.3. The second-order valence-electron chi connectivity index (χ2n) is 8.31. The van der Waals surface area contributed by atoms with Crippen molar-refractivity contribution < 1.29 is 13.5 Å². The average molecular weight is 476 g/mol. The van der Waals surface area contributed by atoms with Crippen LogP contribution in [0.2, 0.25) is 0 Å². The quantitative estimate of drug-likeness (QED) is 0.402. The zero-order valence-electron chi connectivity index (χ0n) is 15.9. The normalized spacial score (nSPS) is 31.6. The lowest BCUT2D eigenvalue weighted by molar-refractivity contribution is -0.118. The number of alkyl halides is 2. The summed E-state index contributed by atoms with van der Waals surface area (Å²) in [5.74, 6) is -1.14. The van der Waals surface area contributed by atoms with E-state index in [-0.39, 0.29) is 18.3 Å². The van der Waals surface area contributed by atoms with Crippen LogP contribution >= 0.6 is 22.6 Å². The summed E-state index contributed by atoms with van der Waals surface area (Å²) in [4.78, 5) is 0. The molecule has 1 aromatic rings. The number of ether oxygens (including phenoxy) is 1. The van der Waals surface area contributed by atoms with Crippen LogP contribution in [-0.2, 0) is 0 Å². The third-order valence-electron chi connectivity index (χ3n) is 6.69. The summed E-state index contributed by atoms with van der Waals surface area (Å²) in [5.41, 5.74) is 1.04. The maximum atomic E-state index is 15.1. The van der Waals surface area contributed by atoms with E-state index in [1.807, 2.05) is 18.2 Å². The Morgan fingerprint density at radius 2 is 1.85 bits per heavy atom. The van der Waals surface area contributed by atoms with Gasteiger partial charge in [0.1, 0.15) is 5.75 Å². The fourth-order valence-electron chi connectivity index (χ4n) is 5.26.